The molecule has 8 rings (SSSR count). The Bertz CT molecular complexity index is 2590. The van der Waals surface area contributed by atoms with Gasteiger partial charge in [-0.15, -0.1) is 11.3 Å². The Morgan fingerprint density at radius 2 is 1.84 bits per heavy atom. The van der Waals surface area contributed by atoms with Crippen LogP contribution in [-0.2, 0) is 48.0 Å². The topological polar surface area (TPSA) is 172 Å². The number of carbonyl (C=O) groups is 5. The van der Waals surface area contributed by atoms with Gasteiger partial charge in [0.1, 0.15) is 23.9 Å². The molecule has 0 unspecified atom stereocenters. The third kappa shape index (κ3) is 9.97. The molecule has 4 aromatic rings. The van der Waals surface area contributed by atoms with Crippen molar-refractivity contribution in [3.8, 4) is 22.5 Å². The van der Waals surface area contributed by atoms with Crippen LogP contribution in [0.2, 0.25) is 0 Å². The maximum atomic E-state index is 14.8. The summed E-state index contributed by atoms with van der Waals surface area (Å²) < 4.78 is 14.7. The molecule has 3 saturated heterocycles. The monoisotopic (exact) mass is 964 g/mol. The number of aldehydes is 1. The number of hydrogen-bond acceptors (Lipinski definition) is 11. The fourth-order valence-electron chi connectivity index (χ4n) is 11.0. The van der Waals surface area contributed by atoms with Gasteiger partial charge in [0.15, 0.2) is 0 Å². The summed E-state index contributed by atoms with van der Waals surface area (Å²) in [6, 6.07) is 8.28. The highest BCUT2D eigenvalue weighted by molar-refractivity contribution is 7.10. The number of nitrogens with zero attached hydrogens (tertiary/aromatic N) is 7. The van der Waals surface area contributed by atoms with Crippen LogP contribution in [0.4, 0.5) is 4.79 Å². The number of hydrogen-bond donors (Lipinski definition) is 2. The Morgan fingerprint density at radius 1 is 1.09 bits per heavy atom. The molecule has 4 atom stereocenters. The Hall–Kier alpha value is -5.49. The summed E-state index contributed by atoms with van der Waals surface area (Å²) in [6.07, 6.45) is 6.97. The number of methoxy groups -OCH3 is 1. The lowest BCUT2D eigenvalue weighted by molar-refractivity contribution is -0.147. The van der Waals surface area contributed by atoms with Gasteiger partial charge >= 0.3 is 6.03 Å². The minimum Gasteiger partial charge on any atom is -0.378 e. The lowest BCUT2D eigenvalue weighted by Gasteiger charge is -2.54. The molecule has 0 radical (unpaired) electrons. The third-order valence-corrected chi connectivity index (χ3v) is 15.6. The number of ether oxygens (including phenoxy) is 2. The van der Waals surface area contributed by atoms with Crippen LogP contribution in [0.3, 0.4) is 0 Å². The summed E-state index contributed by atoms with van der Waals surface area (Å²) in [5, 5.41) is 8.24. The lowest BCUT2D eigenvalue weighted by atomic mass is 9.72. The normalized spacial score (nSPS) is 22.4. The van der Waals surface area contributed by atoms with E-state index in [0.717, 1.165) is 63.8 Å². The third-order valence-electron chi connectivity index (χ3n) is 14.8. The van der Waals surface area contributed by atoms with Crippen molar-refractivity contribution in [3.63, 3.8) is 0 Å². The Balaban J connectivity index is 1.12. The van der Waals surface area contributed by atoms with Crippen LogP contribution in [0, 0.1) is 16.7 Å². The van der Waals surface area contributed by atoms with Gasteiger partial charge in [-0.05, 0) is 93.2 Å². The zero-order valence-electron chi connectivity index (χ0n) is 41.5. The van der Waals surface area contributed by atoms with Gasteiger partial charge < -0.3 is 38.9 Å². The van der Waals surface area contributed by atoms with Crippen LogP contribution in [-0.4, -0.2) is 142 Å². The van der Waals surface area contributed by atoms with E-state index in [0.29, 0.717) is 70.1 Å². The lowest BCUT2D eigenvalue weighted by Crippen LogP contribution is -2.67. The number of amides is 5. The van der Waals surface area contributed by atoms with E-state index in [1.807, 2.05) is 32.2 Å². The van der Waals surface area contributed by atoms with E-state index in [1.165, 1.54) is 27.3 Å². The quantitative estimate of drug-likeness (QED) is 0.133. The van der Waals surface area contributed by atoms with E-state index in [9.17, 15) is 24.0 Å². The van der Waals surface area contributed by atoms with Crippen molar-refractivity contribution in [2.45, 2.75) is 110 Å². The van der Waals surface area contributed by atoms with Crippen molar-refractivity contribution in [1.29, 1.82) is 0 Å². The fraction of sp³-hybridized carbons (Fsp3) is 0.558. The van der Waals surface area contributed by atoms with Crippen molar-refractivity contribution in [2.24, 2.45) is 16.7 Å². The molecule has 0 aliphatic carbocycles. The second-order valence-corrected chi connectivity index (χ2v) is 21.7. The van der Waals surface area contributed by atoms with Crippen LogP contribution in [0.25, 0.3) is 33.4 Å². The zero-order valence-corrected chi connectivity index (χ0v) is 42.3. The van der Waals surface area contributed by atoms with E-state index in [-0.39, 0.29) is 42.4 Å². The Labute approximate surface area is 409 Å². The van der Waals surface area contributed by atoms with Gasteiger partial charge in [0.2, 0.25) is 11.8 Å². The van der Waals surface area contributed by atoms with Crippen molar-refractivity contribution < 1.29 is 33.4 Å². The second kappa shape index (κ2) is 20.1. The van der Waals surface area contributed by atoms with Crippen LogP contribution < -0.4 is 10.7 Å². The first kappa shape index (κ1) is 49.9. The molecule has 4 aliphatic heterocycles. The van der Waals surface area contributed by atoms with Gasteiger partial charge in [0, 0.05) is 98.9 Å². The highest BCUT2D eigenvalue weighted by Crippen LogP contribution is 2.43. The van der Waals surface area contributed by atoms with Crippen molar-refractivity contribution in [2.75, 3.05) is 60.1 Å². The molecule has 1 aromatic carbocycles. The van der Waals surface area contributed by atoms with Gasteiger partial charge in [-0.2, -0.15) is 0 Å². The minimum atomic E-state index is -1.18. The molecule has 69 heavy (non-hydrogen) atoms. The average Bonchev–Trinajstić information content (AvgIpc) is 3.93. The number of nitrogens with one attached hydrogen (secondary N) is 2. The molecular weight excluding hydrogens is 895 g/mol. The first-order valence-electron chi connectivity index (χ1n) is 24.4. The molecule has 5 amide bonds. The zero-order chi connectivity index (χ0) is 49.4. The highest BCUT2D eigenvalue weighted by atomic mass is 32.1. The first-order chi connectivity index (χ1) is 32.9. The predicted octanol–water partition coefficient (Wildman–Crippen LogP) is 6.43. The van der Waals surface area contributed by atoms with E-state index in [2.05, 4.69) is 66.9 Å². The molecule has 370 valence electrons. The standard InChI is InChI=1S/C52H69N9O7S/c1-10-43(63)59-28-51(29-59)18-22-58(23-19-51)49(66)57(8)45(33(3)4)47(64)55-39-25-42-54-40(27-69-42)35-15-16-41-37(24-35)38(46(60(41)11-2)36-14-12-20-53-44(36)34(5)67-9)26-50(6,7)31-68-32-52(30-62)17-13-21-61(56-52)48(39)65/h10,12,14-16,20,24,27,30,33-34,39,45,56H,1,11,13,17-19,21-23,25-26,28-29,31-32H2,2-9H3,(H,55,64)/t34-,39-,45-,52-/m0/s1. The molecule has 3 fully saturated rings. The van der Waals surface area contributed by atoms with E-state index < -0.39 is 34.9 Å². The molecule has 7 heterocycles. The van der Waals surface area contributed by atoms with Gasteiger partial charge in [-0.1, -0.05) is 40.3 Å². The van der Waals surface area contributed by atoms with Gasteiger partial charge in [0.25, 0.3) is 5.91 Å². The van der Waals surface area contributed by atoms with Crippen LogP contribution >= 0.6 is 11.3 Å². The van der Waals surface area contributed by atoms with Gasteiger partial charge in [-0.25, -0.2) is 15.2 Å². The van der Waals surface area contributed by atoms with Crippen molar-refractivity contribution in [3.05, 3.63) is 70.8 Å². The summed E-state index contributed by atoms with van der Waals surface area (Å²) in [5.74, 6) is -1.24. The van der Waals surface area contributed by atoms with Crippen molar-refractivity contribution in [1.82, 2.24) is 45.0 Å². The summed E-state index contributed by atoms with van der Waals surface area (Å²) in [7, 11) is 3.34. The number of aryl methyl sites for hydroxylation is 1. The largest absolute Gasteiger partial charge is 0.378 e. The number of likely N-dealkylation sites (tertiary alicyclic amines) is 2. The molecule has 17 heteroatoms. The first-order valence-corrected chi connectivity index (χ1v) is 25.3. The molecule has 4 aliphatic rings. The molecule has 2 N–H and O–H groups in total. The summed E-state index contributed by atoms with van der Waals surface area (Å²) in [6.45, 7) is 19.6. The molecule has 16 nitrogen and oxygen atoms in total. The van der Waals surface area contributed by atoms with E-state index in [1.54, 1.807) is 30.2 Å². The van der Waals surface area contributed by atoms with Crippen molar-refractivity contribution >= 4 is 52.3 Å². The van der Waals surface area contributed by atoms with Gasteiger partial charge in [-0.3, -0.25) is 24.4 Å². The number of piperidine rings is 1. The van der Waals surface area contributed by atoms with Crippen LogP contribution in [0.1, 0.15) is 89.6 Å². The maximum absolute atomic E-state index is 14.8. The molecule has 0 saturated carbocycles. The van der Waals surface area contributed by atoms with E-state index in [4.69, 9.17) is 19.4 Å². The Morgan fingerprint density at radius 3 is 2.52 bits per heavy atom. The summed E-state index contributed by atoms with van der Waals surface area (Å²) in [4.78, 5) is 83.8. The van der Waals surface area contributed by atoms with Gasteiger partial charge in [0.05, 0.1) is 41.4 Å². The number of rotatable bonds is 10. The number of hydrazine groups is 1. The highest BCUT2D eigenvalue weighted by Gasteiger charge is 2.48. The Kier molecular flexibility index (Phi) is 14.5. The number of fused-ring (bicyclic) bond motifs is 6. The maximum Gasteiger partial charge on any atom is 0.320 e. The fourth-order valence-corrected chi connectivity index (χ4v) is 11.8. The van der Waals surface area contributed by atoms with Crippen LogP contribution in [0.5, 0.6) is 0 Å². The number of likely N-dealkylation sites (N-methyl/N-ethyl adjacent to an activating group) is 1. The summed E-state index contributed by atoms with van der Waals surface area (Å²) in [5.41, 5.74) is 8.47. The smallest absolute Gasteiger partial charge is 0.320 e. The number of benzene rings is 1. The summed E-state index contributed by atoms with van der Waals surface area (Å²) >= 11 is 1.42. The van der Waals surface area contributed by atoms with Crippen LogP contribution in [0.15, 0.2) is 54.6 Å². The number of pyridine rings is 1. The molecule has 3 aromatic heterocycles. The second-order valence-electron chi connectivity index (χ2n) is 20.8. The predicted molar refractivity (Wildman–Crippen MR) is 266 cm³/mol. The minimum absolute atomic E-state index is 0.0115. The molecule has 6 bridgehead atoms. The number of thiazole rings is 1. The number of carbonyl (C=O) groups excluding carboxylic acids is 5. The van der Waals surface area contributed by atoms with E-state index >= 15 is 0 Å². The number of aromatic nitrogens is 3. The average molecular weight is 964 g/mol. The molecular formula is C52H69N9O7S. The number of urea groups is 1. The SMILES string of the molecule is C=CC(=O)N1CC2(CCN(C(=O)N(C)[C@H](C(=O)N[C@H]3Cc4nc(cs4)-c4ccc5c(c4)c(c(-c4cccnc4[C@H](C)OC)n5CC)CC(C)(C)COC[C@@]4(C=O)CCCN(N4)C3=O)C(C)C)CC2)C1. The molecule has 1 spiro atoms.